The highest BCUT2D eigenvalue weighted by molar-refractivity contribution is 7.89. The Morgan fingerprint density at radius 3 is 2.29 bits per heavy atom. The van der Waals surface area contributed by atoms with E-state index in [-0.39, 0.29) is 0 Å². The zero-order chi connectivity index (χ0) is 15.6. The van der Waals surface area contributed by atoms with Crippen LogP contribution in [-0.2, 0) is 16.6 Å². The predicted molar refractivity (Wildman–Crippen MR) is 85.7 cm³/mol. The zero-order valence-corrected chi connectivity index (χ0v) is 13.7. The Morgan fingerprint density at radius 1 is 0.952 bits per heavy atom. The molecule has 2 aromatic rings. The highest BCUT2D eigenvalue weighted by Gasteiger charge is 2.23. The standard InChI is InChI=1S/C17H21NO2S/c1-13-9-10-15(3)17(11-13)21(19,20)18(4)12-16-8-6-5-7-14(16)2/h5-11H,12H2,1-4H3. The molecule has 0 aliphatic carbocycles. The maximum atomic E-state index is 12.7. The molecular weight excluding hydrogens is 282 g/mol. The van der Waals surface area contributed by atoms with E-state index in [0.717, 1.165) is 22.3 Å². The van der Waals surface area contributed by atoms with E-state index >= 15 is 0 Å². The smallest absolute Gasteiger partial charge is 0.207 e. The molecule has 0 unspecified atom stereocenters. The quantitative estimate of drug-likeness (QED) is 0.867. The molecule has 0 bridgehead atoms. The maximum Gasteiger partial charge on any atom is 0.243 e. The number of benzene rings is 2. The first-order chi connectivity index (χ1) is 9.82. The summed E-state index contributed by atoms with van der Waals surface area (Å²) in [5.41, 5.74) is 3.84. The highest BCUT2D eigenvalue weighted by atomic mass is 32.2. The van der Waals surface area contributed by atoms with Crippen LogP contribution in [0.4, 0.5) is 0 Å². The topological polar surface area (TPSA) is 37.4 Å². The van der Waals surface area contributed by atoms with Crippen LogP contribution >= 0.6 is 0 Å². The van der Waals surface area contributed by atoms with Gasteiger partial charge in [-0.3, -0.25) is 0 Å². The van der Waals surface area contributed by atoms with Crippen LogP contribution in [0.5, 0.6) is 0 Å². The minimum Gasteiger partial charge on any atom is -0.207 e. The minimum atomic E-state index is -3.47. The van der Waals surface area contributed by atoms with Crippen LogP contribution in [0.15, 0.2) is 47.4 Å². The molecule has 0 atom stereocenters. The van der Waals surface area contributed by atoms with Crippen molar-refractivity contribution in [3.05, 3.63) is 64.7 Å². The average Bonchev–Trinajstić information content (AvgIpc) is 2.43. The van der Waals surface area contributed by atoms with Gasteiger partial charge in [0.25, 0.3) is 0 Å². The largest absolute Gasteiger partial charge is 0.243 e. The van der Waals surface area contributed by atoms with Crippen molar-refractivity contribution >= 4 is 10.0 Å². The van der Waals surface area contributed by atoms with Crippen molar-refractivity contribution in [1.82, 2.24) is 4.31 Å². The Bertz CT molecular complexity index is 751. The number of rotatable bonds is 4. The predicted octanol–water partition coefficient (Wildman–Crippen LogP) is 3.43. The lowest BCUT2D eigenvalue weighted by atomic mass is 10.1. The fourth-order valence-electron chi connectivity index (χ4n) is 2.27. The summed E-state index contributed by atoms with van der Waals surface area (Å²) in [6.07, 6.45) is 0. The summed E-state index contributed by atoms with van der Waals surface area (Å²) >= 11 is 0. The Labute approximate surface area is 127 Å². The third kappa shape index (κ3) is 3.34. The number of hydrogen-bond donors (Lipinski definition) is 0. The van der Waals surface area contributed by atoms with Crippen LogP contribution in [0.1, 0.15) is 22.3 Å². The van der Waals surface area contributed by atoms with Crippen molar-refractivity contribution in [2.45, 2.75) is 32.2 Å². The van der Waals surface area contributed by atoms with Gasteiger partial charge in [0.2, 0.25) is 10.0 Å². The van der Waals surface area contributed by atoms with Crippen molar-refractivity contribution < 1.29 is 8.42 Å². The van der Waals surface area contributed by atoms with Crippen molar-refractivity contribution in [3.8, 4) is 0 Å². The molecule has 3 nitrogen and oxygen atoms in total. The second-order valence-corrected chi connectivity index (χ2v) is 7.47. The fraction of sp³-hybridized carbons (Fsp3) is 0.294. The van der Waals surface area contributed by atoms with Gasteiger partial charge in [0, 0.05) is 13.6 Å². The molecule has 0 aromatic heterocycles. The molecule has 0 saturated heterocycles. The molecule has 2 aromatic carbocycles. The number of hydrogen-bond acceptors (Lipinski definition) is 2. The molecule has 0 fully saturated rings. The zero-order valence-electron chi connectivity index (χ0n) is 12.9. The van der Waals surface area contributed by atoms with E-state index in [1.54, 1.807) is 13.1 Å². The van der Waals surface area contributed by atoms with Crippen molar-refractivity contribution in [3.63, 3.8) is 0 Å². The molecule has 0 amide bonds. The summed E-state index contributed by atoms with van der Waals surface area (Å²) in [6, 6.07) is 13.4. The Hall–Kier alpha value is -1.65. The van der Waals surface area contributed by atoms with E-state index in [1.165, 1.54) is 4.31 Å². The lowest BCUT2D eigenvalue weighted by molar-refractivity contribution is 0.465. The second-order valence-electron chi connectivity index (χ2n) is 5.46. The van der Waals surface area contributed by atoms with Gasteiger partial charge in [-0.25, -0.2) is 8.42 Å². The summed E-state index contributed by atoms with van der Waals surface area (Å²) in [6.45, 7) is 6.10. The van der Waals surface area contributed by atoms with Gasteiger partial charge in [-0.05, 0) is 49.1 Å². The Balaban J connectivity index is 2.35. The second kappa shape index (κ2) is 6.00. The van der Waals surface area contributed by atoms with Gasteiger partial charge < -0.3 is 0 Å². The SMILES string of the molecule is Cc1ccc(C)c(S(=O)(=O)N(C)Cc2ccccc2C)c1. The molecule has 0 spiro atoms. The molecule has 0 aliphatic heterocycles. The molecule has 0 N–H and O–H groups in total. The van der Waals surface area contributed by atoms with Gasteiger partial charge in [-0.15, -0.1) is 0 Å². The first kappa shape index (κ1) is 15.7. The van der Waals surface area contributed by atoms with Gasteiger partial charge in [0.15, 0.2) is 0 Å². The van der Waals surface area contributed by atoms with E-state index < -0.39 is 10.0 Å². The fourth-order valence-corrected chi connectivity index (χ4v) is 3.72. The van der Waals surface area contributed by atoms with Gasteiger partial charge >= 0.3 is 0 Å². The third-order valence-corrected chi connectivity index (χ3v) is 5.63. The van der Waals surface area contributed by atoms with Crippen LogP contribution in [0.25, 0.3) is 0 Å². The van der Waals surface area contributed by atoms with E-state index in [1.807, 2.05) is 57.2 Å². The first-order valence-corrected chi connectivity index (χ1v) is 8.34. The molecule has 112 valence electrons. The van der Waals surface area contributed by atoms with Gasteiger partial charge in [-0.1, -0.05) is 36.4 Å². The lowest BCUT2D eigenvalue weighted by Crippen LogP contribution is -2.27. The van der Waals surface area contributed by atoms with Crippen LogP contribution in [-0.4, -0.2) is 19.8 Å². The molecule has 0 heterocycles. The summed E-state index contributed by atoms with van der Waals surface area (Å²) < 4.78 is 26.9. The van der Waals surface area contributed by atoms with Crippen LogP contribution in [0.3, 0.4) is 0 Å². The van der Waals surface area contributed by atoms with E-state index in [0.29, 0.717) is 11.4 Å². The molecule has 0 radical (unpaired) electrons. The molecule has 0 saturated carbocycles. The highest BCUT2D eigenvalue weighted by Crippen LogP contribution is 2.22. The van der Waals surface area contributed by atoms with Crippen LogP contribution in [0.2, 0.25) is 0 Å². The summed E-state index contributed by atoms with van der Waals surface area (Å²) in [5, 5.41) is 0. The summed E-state index contributed by atoms with van der Waals surface area (Å²) in [4.78, 5) is 0.388. The summed E-state index contributed by atoms with van der Waals surface area (Å²) in [7, 11) is -1.85. The molecule has 21 heavy (non-hydrogen) atoms. The molecular formula is C17H21NO2S. The Morgan fingerprint density at radius 2 is 1.62 bits per heavy atom. The van der Waals surface area contributed by atoms with Crippen molar-refractivity contribution in [2.24, 2.45) is 0 Å². The van der Waals surface area contributed by atoms with E-state index in [4.69, 9.17) is 0 Å². The molecule has 4 heteroatoms. The lowest BCUT2D eigenvalue weighted by Gasteiger charge is -2.20. The van der Waals surface area contributed by atoms with Crippen LogP contribution in [0, 0.1) is 20.8 Å². The minimum absolute atomic E-state index is 0.377. The third-order valence-electron chi connectivity index (χ3n) is 3.69. The van der Waals surface area contributed by atoms with E-state index in [2.05, 4.69) is 0 Å². The first-order valence-electron chi connectivity index (χ1n) is 6.90. The molecule has 2 rings (SSSR count). The van der Waals surface area contributed by atoms with Crippen LogP contribution < -0.4 is 0 Å². The number of aryl methyl sites for hydroxylation is 3. The number of sulfonamides is 1. The van der Waals surface area contributed by atoms with Gasteiger partial charge in [-0.2, -0.15) is 4.31 Å². The Kier molecular flexibility index (Phi) is 4.49. The average molecular weight is 303 g/mol. The molecule has 0 aliphatic rings. The number of nitrogens with zero attached hydrogens (tertiary/aromatic N) is 1. The normalized spacial score (nSPS) is 11.9. The maximum absolute atomic E-state index is 12.7. The van der Waals surface area contributed by atoms with Crippen molar-refractivity contribution in [2.75, 3.05) is 7.05 Å². The van der Waals surface area contributed by atoms with E-state index in [9.17, 15) is 8.42 Å². The monoisotopic (exact) mass is 303 g/mol. The van der Waals surface area contributed by atoms with Gasteiger partial charge in [0.1, 0.15) is 0 Å². The van der Waals surface area contributed by atoms with Crippen molar-refractivity contribution in [1.29, 1.82) is 0 Å². The summed E-state index contributed by atoms with van der Waals surface area (Å²) in [5.74, 6) is 0. The van der Waals surface area contributed by atoms with Gasteiger partial charge in [0.05, 0.1) is 4.90 Å².